The first kappa shape index (κ1) is 20.7. The molecule has 0 aliphatic carbocycles. The Hall–Kier alpha value is -2.62. The second-order valence-corrected chi connectivity index (χ2v) is 7.10. The number of carbonyl (C=O) groups excluding carboxylic acids is 4. The number of hydrogen-bond donors (Lipinski definition) is 2. The van der Waals surface area contributed by atoms with E-state index in [2.05, 4.69) is 10.3 Å². The van der Waals surface area contributed by atoms with Crippen molar-refractivity contribution >= 4 is 35.6 Å². The van der Waals surface area contributed by atoms with Crippen LogP contribution in [0.1, 0.15) is 34.1 Å². The minimum atomic E-state index is -1.09. The molecule has 1 aliphatic heterocycles. The molecule has 9 nitrogen and oxygen atoms in total. The van der Waals surface area contributed by atoms with Gasteiger partial charge in [0, 0.05) is 18.8 Å². The number of amides is 4. The van der Waals surface area contributed by atoms with Crippen LogP contribution in [0.15, 0.2) is 5.03 Å². The standard InChI is InChI=1S/C17H22N4O5S/c1-8-9(2)13(14(18)23)15(20-10(8)3)27-7-12(22)26-11(4)16(24)21-6-5-19-17(21)25/h11H,5-7H2,1-4H3,(H2,18,23)(H,19,25). The lowest BCUT2D eigenvalue weighted by Gasteiger charge is -2.18. The van der Waals surface area contributed by atoms with Crippen LogP contribution in [0.5, 0.6) is 0 Å². The zero-order valence-corrected chi connectivity index (χ0v) is 16.4. The molecule has 0 radical (unpaired) electrons. The molecule has 10 heteroatoms. The largest absolute Gasteiger partial charge is 0.452 e. The van der Waals surface area contributed by atoms with Crippen LogP contribution < -0.4 is 11.1 Å². The van der Waals surface area contributed by atoms with Gasteiger partial charge in [-0.15, -0.1) is 0 Å². The van der Waals surface area contributed by atoms with Gasteiger partial charge >= 0.3 is 12.0 Å². The molecule has 0 spiro atoms. The number of carbonyl (C=O) groups is 4. The molecule has 2 rings (SSSR count). The van der Waals surface area contributed by atoms with E-state index in [9.17, 15) is 19.2 Å². The third-order valence-corrected chi connectivity index (χ3v) is 5.26. The number of pyridine rings is 1. The highest BCUT2D eigenvalue weighted by molar-refractivity contribution is 8.00. The molecular weight excluding hydrogens is 372 g/mol. The second-order valence-electron chi connectivity index (χ2n) is 6.13. The summed E-state index contributed by atoms with van der Waals surface area (Å²) in [5, 5.41) is 2.85. The van der Waals surface area contributed by atoms with Crippen LogP contribution in [0.3, 0.4) is 0 Å². The lowest BCUT2D eigenvalue weighted by Crippen LogP contribution is -2.42. The van der Waals surface area contributed by atoms with Gasteiger partial charge in [0.05, 0.1) is 11.3 Å². The number of imide groups is 1. The van der Waals surface area contributed by atoms with E-state index in [1.165, 1.54) is 6.92 Å². The number of ether oxygens (including phenoxy) is 1. The van der Waals surface area contributed by atoms with Crippen LogP contribution in [-0.2, 0) is 14.3 Å². The van der Waals surface area contributed by atoms with E-state index in [1.807, 2.05) is 6.92 Å². The molecular formula is C17H22N4O5S. The van der Waals surface area contributed by atoms with Crippen molar-refractivity contribution < 1.29 is 23.9 Å². The van der Waals surface area contributed by atoms with Crippen molar-refractivity contribution in [3.05, 3.63) is 22.4 Å². The Labute approximate surface area is 161 Å². The van der Waals surface area contributed by atoms with Gasteiger partial charge in [-0.2, -0.15) is 0 Å². The Morgan fingerprint density at radius 1 is 1.30 bits per heavy atom. The van der Waals surface area contributed by atoms with Crippen molar-refractivity contribution in [2.75, 3.05) is 18.8 Å². The smallest absolute Gasteiger partial charge is 0.324 e. The van der Waals surface area contributed by atoms with E-state index in [4.69, 9.17) is 10.5 Å². The normalized spacial score (nSPS) is 14.7. The first-order valence-corrected chi connectivity index (χ1v) is 9.31. The molecule has 27 heavy (non-hydrogen) atoms. The van der Waals surface area contributed by atoms with E-state index in [0.717, 1.165) is 33.5 Å². The molecule has 1 aliphatic rings. The van der Waals surface area contributed by atoms with Gasteiger partial charge in [0.15, 0.2) is 6.10 Å². The van der Waals surface area contributed by atoms with Crippen molar-refractivity contribution in [2.24, 2.45) is 5.73 Å². The highest BCUT2D eigenvalue weighted by Gasteiger charge is 2.31. The van der Waals surface area contributed by atoms with Gasteiger partial charge < -0.3 is 15.8 Å². The maximum absolute atomic E-state index is 12.1. The summed E-state index contributed by atoms with van der Waals surface area (Å²) in [6, 6.07) is -0.502. The van der Waals surface area contributed by atoms with Gasteiger partial charge in [0.2, 0.25) is 0 Å². The Morgan fingerprint density at radius 3 is 2.52 bits per heavy atom. The number of primary amides is 1. The zero-order chi connectivity index (χ0) is 20.3. The van der Waals surface area contributed by atoms with Crippen LogP contribution in [0.4, 0.5) is 4.79 Å². The predicted octanol–water partition coefficient (Wildman–Crippen LogP) is 0.681. The number of nitrogens with zero attached hydrogens (tertiary/aromatic N) is 2. The van der Waals surface area contributed by atoms with Crippen LogP contribution in [0, 0.1) is 20.8 Å². The molecule has 2 heterocycles. The van der Waals surface area contributed by atoms with E-state index < -0.39 is 29.9 Å². The quantitative estimate of drug-likeness (QED) is 0.536. The lowest BCUT2D eigenvalue weighted by atomic mass is 10.0. The molecule has 0 aromatic carbocycles. The molecule has 0 saturated carbocycles. The molecule has 4 amide bonds. The summed E-state index contributed by atoms with van der Waals surface area (Å²) in [4.78, 5) is 52.8. The number of rotatable bonds is 6. The van der Waals surface area contributed by atoms with Crippen LogP contribution in [0.2, 0.25) is 0 Å². The summed E-state index contributed by atoms with van der Waals surface area (Å²) in [5.74, 6) is -2.02. The lowest BCUT2D eigenvalue weighted by molar-refractivity contribution is -0.155. The molecule has 1 atom stereocenters. The number of urea groups is 1. The summed E-state index contributed by atoms with van der Waals surface area (Å²) in [6.07, 6.45) is -1.09. The van der Waals surface area contributed by atoms with Crippen molar-refractivity contribution in [3.8, 4) is 0 Å². The molecule has 1 aromatic heterocycles. The fourth-order valence-corrected chi connectivity index (χ4v) is 3.54. The van der Waals surface area contributed by atoms with E-state index in [0.29, 0.717) is 11.6 Å². The van der Waals surface area contributed by atoms with E-state index >= 15 is 0 Å². The second kappa shape index (κ2) is 8.38. The van der Waals surface area contributed by atoms with Gasteiger partial charge in [0.25, 0.3) is 11.8 Å². The van der Waals surface area contributed by atoms with Crippen molar-refractivity contribution in [2.45, 2.75) is 38.8 Å². The molecule has 3 N–H and O–H groups in total. The van der Waals surface area contributed by atoms with Crippen molar-refractivity contribution in [3.63, 3.8) is 0 Å². The average Bonchev–Trinajstić information content (AvgIpc) is 3.02. The van der Waals surface area contributed by atoms with Crippen molar-refractivity contribution in [1.82, 2.24) is 15.2 Å². The van der Waals surface area contributed by atoms with E-state index in [1.54, 1.807) is 13.8 Å². The Bertz CT molecular complexity index is 811. The number of thioether (sulfide) groups is 1. The van der Waals surface area contributed by atoms with Gasteiger partial charge in [-0.05, 0) is 38.8 Å². The van der Waals surface area contributed by atoms with Crippen LogP contribution >= 0.6 is 11.8 Å². The molecule has 0 bridgehead atoms. The number of nitrogens with one attached hydrogen (secondary N) is 1. The Morgan fingerprint density at radius 2 is 1.96 bits per heavy atom. The SMILES string of the molecule is Cc1nc(SCC(=O)OC(C)C(=O)N2CCNC2=O)c(C(N)=O)c(C)c1C. The molecule has 1 aromatic rings. The van der Waals surface area contributed by atoms with Gasteiger partial charge in [0.1, 0.15) is 5.03 Å². The first-order valence-electron chi connectivity index (χ1n) is 8.32. The summed E-state index contributed by atoms with van der Waals surface area (Å²) in [7, 11) is 0. The average molecular weight is 394 g/mol. The molecule has 1 fully saturated rings. The fraction of sp³-hybridized carbons (Fsp3) is 0.471. The molecule has 1 saturated heterocycles. The van der Waals surface area contributed by atoms with Gasteiger partial charge in [-0.3, -0.25) is 19.3 Å². The predicted molar refractivity (Wildman–Crippen MR) is 98.4 cm³/mol. The van der Waals surface area contributed by atoms with Crippen molar-refractivity contribution in [1.29, 1.82) is 0 Å². The van der Waals surface area contributed by atoms with E-state index in [-0.39, 0.29) is 17.9 Å². The van der Waals surface area contributed by atoms with Crippen LogP contribution in [0.25, 0.3) is 0 Å². The fourth-order valence-electron chi connectivity index (χ4n) is 2.62. The topological polar surface area (TPSA) is 132 Å². The Kier molecular flexibility index (Phi) is 6.42. The first-order chi connectivity index (χ1) is 12.6. The number of esters is 1. The molecule has 1 unspecified atom stereocenters. The Balaban J connectivity index is 2.02. The highest BCUT2D eigenvalue weighted by atomic mass is 32.2. The summed E-state index contributed by atoms with van der Waals surface area (Å²) >= 11 is 1.02. The number of nitrogens with two attached hydrogens (primary N) is 1. The number of aromatic nitrogens is 1. The highest BCUT2D eigenvalue weighted by Crippen LogP contribution is 2.27. The van der Waals surface area contributed by atoms with Gasteiger partial charge in [-0.1, -0.05) is 11.8 Å². The summed E-state index contributed by atoms with van der Waals surface area (Å²) < 4.78 is 5.10. The summed E-state index contributed by atoms with van der Waals surface area (Å²) in [6.45, 7) is 7.43. The maximum atomic E-state index is 12.1. The maximum Gasteiger partial charge on any atom is 0.324 e. The monoisotopic (exact) mass is 394 g/mol. The minimum Gasteiger partial charge on any atom is -0.452 e. The number of hydrogen-bond acceptors (Lipinski definition) is 7. The third kappa shape index (κ3) is 4.57. The van der Waals surface area contributed by atoms with Gasteiger partial charge in [-0.25, -0.2) is 9.78 Å². The zero-order valence-electron chi connectivity index (χ0n) is 15.6. The number of aryl methyl sites for hydroxylation is 1. The third-order valence-electron chi connectivity index (χ3n) is 4.32. The van der Waals surface area contributed by atoms with Crippen LogP contribution in [-0.4, -0.2) is 58.6 Å². The summed E-state index contributed by atoms with van der Waals surface area (Å²) in [5.41, 5.74) is 8.03. The molecule has 146 valence electrons. The minimum absolute atomic E-state index is 0.154.